The van der Waals surface area contributed by atoms with Crippen molar-refractivity contribution in [3.8, 4) is 0 Å². The van der Waals surface area contributed by atoms with E-state index in [-0.39, 0.29) is 5.60 Å². The van der Waals surface area contributed by atoms with Gasteiger partial charge in [-0.1, -0.05) is 22.9 Å². The number of hydrogen-bond acceptors (Lipinski definition) is 4. The van der Waals surface area contributed by atoms with Gasteiger partial charge in [-0.3, -0.25) is 0 Å². The minimum atomic E-state index is -0.199. The number of aromatic nitrogens is 1. The quantitative estimate of drug-likeness (QED) is 0.918. The lowest BCUT2D eigenvalue weighted by Gasteiger charge is -2.22. The molecule has 1 aromatic carbocycles. The molecule has 0 fully saturated rings. The van der Waals surface area contributed by atoms with E-state index in [1.807, 2.05) is 32.0 Å². The van der Waals surface area contributed by atoms with Gasteiger partial charge in [0, 0.05) is 18.7 Å². The van der Waals surface area contributed by atoms with Gasteiger partial charge in [-0.15, -0.1) is 0 Å². The number of halogens is 1. The molecule has 5 heteroatoms. The van der Waals surface area contributed by atoms with Gasteiger partial charge in [0.1, 0.15) is 0 Å². The smallest absolute Gasteiger partial charge is 0.183 e. The van der Waals surface area contributed by atoms with Crippen molar-refractivity contribution < 1.29 is 4.74 Å². The van der Waals surface area contributed by atoms with Crippen molar-refractivity contribution in [2.75, 3.05) is 19.0 Å². The Hall–Kier alpha value is -0.840. The highest BCUT2D eigenvalue weighted by Crippen LogP contribution is 2.28. The maximum Gasteiger partial charge on any atom is 0.183 e. The summed E-state index contributed by atoms with van der Waals surface area (Å²) in [5.41, 5.74) is 0.732. The van der Waals surface area contributed by atoms with E-state index >= 15 is 0 Å². The molecule has 0 atom stereocenters. The highest BCUT2D eigenvalue weighted by atomic mass is 35.5. The number of nitrogens with zero attached hydrogens (tertiary/aromatic N) is 1. The first-order valence-electron chi connectivity index (χ1n) is 5.35. The zero-order valence-electron chi connectivity index (χ0n) is 10.1. The molecule has 0 bridgehead atoms. The number of benzene rings is 1. The molecule has 3 nitrogen and oxygen atoms in total. The fraction of sp³-hybridized carbons (Fsp3) is 0.417. The first kappa shape index (κ1) is 12.6. The van der Waals surface area contributed by atoms with E-state index in [1.54, 1.807) is 18.4 Å². The number of hydrogen-bond donors (Lipinski definition) is 1. The van der Waals surface area contributed by atoms with E-state index < -0.39 is 0 Å². The molecule has 0 spiro atoms. The van der Waals surface area contributed by atoms with Crippen LogP contribution < -0.4 is 5.32 Å². The fourth-order valence-corrected chi connectivity index (χ4v) is 2.35. The lowest BCUT2D eigenvalue weighted by atomic mass is 10.1. The molecular formula is C12H15ClN2OS. The third kappa shape index (κ3) is 3.09. The van der Waals surface area contributed by atoms with Crippen molar-refractivity contribution in [3.05, 3.63) is 23.2 Å². The Morgan fingerprint density at radius 3 is 2.94 bits per heavy atom. The maximum atomic E-state index is 5.92. The molecular weight excluding hydrogens is 256 g/mol. The van der Waals surface area contributed by atoms with Crippen LogP contribution in [-0.4, -0.2) is 24.2 Å². The minimum Gasteiger partial charge on any atom is -0.377 e. The predicted molar refractivity (Wildman–Crippen MR) is 74.2 cm³/mol. The van der Waals surface area contributed by atoms with Gasteiger partial charge in [-0.25, -0.2) is 4.98 Å². The van der Waals surface area contributed by atoms with Gasteiger partial charge in [0.25, 0.3) is 0 Å². The number of nitrogens with one attached hydrogen (secondary N) is 1. The van der Waals surface area contributed by atoms with Crippen LogP contribution in [0.3, 0.4) is 0 Å². The Kier molecular flexibility index (Phi) is 3.56. The molecule has 0 unspecified atom stereocenters. The number of methoxy groups -OCH3 is 1. The average Bonchev–Trinajstić information content (AvgIpc) is 2.68. The van der Waals surface area contributed by atoms with E-state index in [9.17, 15) is 0 Å². The van der Waals surface area contributed by atoms with Gasteiger partial charge in [-0.2, -0.15) is 0 Å². The molecule has 0 saturated carbocycles. The summed E-state index contributed by atoms with van der Waals surface area (Å²) in [5.74, 6) is 0. The third-order valence-electron chi connectivity index (χ3n) is 2.57. The maximum absolute atomic E-state index is 5.92. The van der Waals surface area contributed by atoms with Crippen LogP contribution in [0.15, 0.2) is 18.2 Å². The number of anilines is 1. The standard InChI is InChI=1S/C12H15ClN2OS/c1-12(2,16-3)7-14-11-15-9-6-8(13)4-5-10(9)17-11/h4-6H,7H2,1-3H3,(H,14,15). The Bertz CT molecular complexity index is 524. The predicted octanol–water partition coefficient (Wildman–Crippen LogP) is 3.79. The number of thiazole rings is 1. The van der Waals surface area contributed by atoms with E-state index in [1.165, 1.54) is 0 Å². The first-order valence-corrected chi connectivity index (χ1v) is 6.55. The van der Waals surface area contributed by atoms with Crippen LogP contribution in [-0.2, 0) is 4.74 Å². The summed E-state index contributed by atoms with van der Waals surface area (Å²) < 4.78 is 6.48. The molecule has 0 aliphatic carbocycles. The van der Waals surface area contributed by atoms with Gasteiger partial charge in [-0.05, 0) is 32.0 Å². The Morgan fingerprint density at radius 1 is 1.47 bits per heavy atom. The summed E-state index contributed by atoms with van der Waals surface area (Å²) in [6.07, 6.45) is 0. The highest BCUT2D eigenvalue weighted by molar-refractivity contribution is 7.22. The normalized spacial score (nSPS) is 12.0. The lowest BCUT2D eigenvalue weighted by Crippen LogP contribution is -2.31. The molecule has 1 N–H and O–H groups in total. The number of rotatable bonds is 4. The van der Waals surface area contributed by atoms with Crippen LogP contribution in [0.5, 0.6) is 0 Å². The molecule has 0 aliphatic rings. The molecule has 17 heavy (non-hydrogen) atoms. The van der Waals surface area contributed by atoms with Gasteiger partial charge < -0.3 is 10.1 Å². The van der Waals surface area contributed by atoms with Crippen LogP contribution in [0.1, 0.15) is 13.8 Å². The second kappa shape index (κ2) is 4.80. The molecule has 1 aromatic heterocycles. The van der Waals surface area contributed by atoms with Crippen LogP contribution in [0.25, 0.3) is 10.2 Å². The summed E-state index contributed by atoms with van der Waals surface area (Å²) in [6.45, 7) is 4.78. The Morgan fingerprint density at radius 2 is 2.24 bits per heavy atom. The van der Waals surface area contributed by atoms with E-state index in [4.69, 9.17) is 16.3 Å². The van der Waals surface area contributed by atoms with E-state index in [0.29, 0.717) is 5.02 Å². The highest BCUT2D eigenvalue weighted by Gasteiger charge is 2.16. The van der Waals surface area contributed by atoms with Crippen molar-refractivity contribution >= 4 is 38.3 Å². The number of fused-ring (bicyclic) bond motifs is 1. The first-order chi connectivity index (χ1) is 8.00. The van der Waals surface area contributed by atoms with Crippen molar-refractivity contribution in [2.45, 2.75) is 19.4 Å². The third-order valence-corrected chi connectivity index (χ3v) is 3.80. The molecule has 0 saturated heterocycles. The molecule has 2 rings (SSSR count). The Labute approximate surface area is 110 Å². The van der Waals surface area contributed by atoms with Gasteiger partial charge in [0.05, 0.1) is 15.8 Å². The van der Waals surface area contributed by atoms with Crippen molar-refractivity contribution in [3.63, 3.8) is 0 Å². The van der Waals surface area contributed by atoms with Gasteiger partial charge in [0.2, 0.25) is 0 Å². The van der Waals surface area contributed by atoms with Crippen molar-refractivity contribution in [1.29, 1.82) is 0 Å². The Balaban J connectivity index is 2.15. The van der Waals surface area contributed by atoms with Crippen molar-refractivity contribution in [1.82, 2.24) is 4.98 Å². The summed E-state index contributed by atoms with van der Waals surface area (Å²) in [7, 11) is 1.71. The zero-order valence-corrected chi connectivity index (χ0v) is 11.7. The molecule has 2 aromatic rings. The van der Waals surface area contributed by atoms with Crippen LogP contribution in [0, 0.1) is 0 Å². The zero-order chi connectivity index (χ0) is 12.5. The summed E-state index contributed by atoms with van der Waals surface area (Å²) >= 11 is 7.54. The SMILES string of the molecule is COC(C)(C)CNc1nc2cc(Cl)ccc2s1. The second-order valence-electron chi connectivity index (χ2n) is 4.45. The van der Waals surface area contributed by atoms with Crippen molar-refractivity contribution in [2.24, 2.45) is 0 Å². The summed E-state index contributed by atoms with van der Waals surface area (Å²) in [4.78, 5) is 4.48. The molecule has 1 heterocycles. The average molecular weight is 271 g/mol. The largest absolute Gasteiger partial charge is 0.377 e. The minimum absolute atomic E-state index is 0.199. The lowest BCUT2D eigenvalue weighted by molar-refractivity contribution is 0.0344. The van der Waals surface area contributed by atoms with E-state index in [2.05, 4.69) is 10.3 Å². The van der Waals surface area contributed by atoms with Gasteiger partial charge >= 0.3 is 0 Å². The van der Waals surface area contributed by atoms with Crippen LogP contribution in [0.4, 0.5) is 5.13 Å². The van der Waals surface area contributed by atoms with Crippen LogP contribution >= 0.6 is 22.9 Å². The fourth-order valence-electron chi connectivity index (χ4n) is 1.34. The van der Waals surface area contributed by atoms with E-state index in [0.717, 1.165) is 21.9 Å². The monoisotopic (exact) mass is 270 g/mol. The van der Waals surface area contributed by atoms with Gasteiger partial charge in [0.15, 0.2) is 5.13 Å². The summed E-state index contributed by atoms with van der Waals surface area (Å²) in [6, 6.07) is 5.74. The molecule has 0 radical (unpaired) electrons. The molecule has 0 amide bonds. The summed E-state index contributed by atoms with van der Waals surface area (Å²) in [5, 5.41) is 4.89. The topological polar surface area (TPSA) is 34.1 Å². The molecule has 0 aliphatic heterocycles. The van der Waals surface area contributed by atoms with Crippen LogP contribution in [0.2, 0.25) is 5.02 Å². The molecule has 92 valence electrons. The number of ether oxygens (including phenoxy) is 1. The second-order valence-corrected chi connectivity index (χ2v) is 5.92.